The van der Waals surface area contributed by atoms with E-state index in [-0.39, 0.29) is 18.0 Å². The fourth-order valence-electron chi connectivity index (χ4n) is 2.67. The van der Waals surface area contributed by atoms with Crippen molar-refractivity contribution in [2.75, 3.05) is 13.7 Å². The lowest BCUT2D eigenvalue weighted by molar-refractivity contribution is -0.384. The number of hydrogen-bond donors (Lipinski definition) is 1. The molecule has 0 aliphatic carbocycles. The predicted octanol–water partition coefficient (Wildman–Crippen LogP) is 2.84. The molecule has 10 nitrogen and oxygen atoms in total. The number of rotatable bonds is 7. The Kier molecular flexibility index (Phi) is 6.84. The van der Waals surface area contributed by atoms with E-state index in [0.717, 1.165) is 14.0 Å². The first-order valence-corrected chi connectivity index (χ1v) is 9.93. The molecular weight excluding hydrogens is 521 g/mol. The number of methoxy groups -OCH3 is 1. The van der Waals surface area contributed by atoms with Crippen LogP contribution in [0.1, 0.15) is 11.1 Å². The quantitative estimate of drug-likeness (QED) is 0.144. The zero-order valence-electron chi connectivity index (χ0n) is 16.2. The number of non-ortho nitro benzene ring substituents is 1. The van der Waals surface area contributed by atoms with Crippen molar-refractivity contribution in [1.82, 2.24) is 10.2 Å². The van der Waals surface area contributed by atoms with E-state index in [1.165, 1.54) is 25.3 Å². The van der Waals surface area contributed by atoms with Crippen molar-refractivity contribution in [1.29, 1.82) is 0 Å². The van der Waals surface area contributed by atoms with Crippen LogP contribution in [0.2, 0.25) is 0 Å². The van der Waals surface area contributed by atoms with E-state index in [2.05, 4.69) is 32.6 Å². The molecule has 0 radical (unpaired) electrons. The van der Waals surface area contributed by atoms with Gasteiger partial charge in [0.15, 0.2) is 0 Å². The number of benzene rings is 2. The number of nitro benzene ring substituents is 1. The molecule has 1 aliphatic heterocycles. The Morgan fingerprint density at radius 1 is 1.23 bits per heavy atom. The molecule has 1 saturated heterocycles. The molecule has 3 amide bonds. The van der Waals surface area contributed by atoms with Crippen molar-refractivity contribution in [2.45, 2.75) is 6.61 Å². The molecule has 0 spiro atoms. The highest BCUT2D eigenvalue weighted by molar-refractivity contribution is 14.1. The Labute approximate surface area is 190 Å². The number of hydrogen-bond acceptors (Lipinski definition) is 7. The van der Waals surface area contributed by atoms with Crippen LogP contribution >= 0.6 is 22.6 Å². The summed E-state index contributed by atoms with van der Waals surface area (Å²) in [6.45, 7) is -0.239. The van der Waals surface area contributed by atoms with Gasteiger partial charge >= 0.3 is 12.0 Å². The summed E-state index contributed by atoms with van der Waals surface area (Å²) < 4.78 is 11.0. The number of ether oxygens (including phenoxy) is 2. The van der Waals surface area contributed by atoms with E-state index < -0.39 is 29.4 Å². The van der Waals surface area contributed by atoms with Crippen LogP contribution < -0.4 is 10.1 Å². The van der Waals surface area contributed by atoms with Gasteiger partial charge in [0.25, 0.3) is 11.6 Å². The summed E-state index contributed by atoms with van der Waals surface area (Å²) in [6.07, 6.45) is 1.50. The van der Waals surface area contributed by atoms with Crippen molar-refractivity contribution in [2.24, 2.45) is 0 Å². The van der Waals surface area contributed by atoms with Gasteiger partial charge in [-0.25, -0.2) is 9.69 Å². The van der Waals surface area contributed by atoms with Crippen molar-refractivity contribution in [3.8, 4) is 5.75 Å². The van der Waals surface area contributed by atoms with Crippen molar-refractivity contribution in [3.05, 3.63) is 73.0 Å². The maximum Gasteiger partial charge on any atom is 0.329 e. The van der Waals surface area contributed by atoms with Gasteiger partial charge in [0.2, 0.25) is 0 Å². The van der Waals surface area contributed by atoms with E-state index in [9.17, 15) is 24.5 Å². The zero-order valence-corrected chi connectivity index (χ0v) is 18.3. The average Bonchev–Trinajstić information content (AvgIpc) is 3.00. The molecule has 31 heavy (non-hydrogen) atoms. The first-order valence-electron chi connectivity index (χ1n) is 8.85. The van der Waals surface area contributed by atoms with Gasteiger partial charge in [0.05, 0.1) is 15.6 Å². The highest BCUT2D eigenvalue weighted by Crippen LogP contribution is 2.25. The minimum Gasteiger partial charge on any atom is -0.488 e. The average molecular weight is 537 g/mol. The number of urea groups is 1. The van der Waals surface area contributed by atoms with E-state index in [1.807, 2.05) is 0 Å². The standard InChI is InChI=1S/C20H16IN3O7/c1-30-18(25)10-23-19(26)16(22-20(23)27)9-13-4-7-17(15(21)8-13)31-11-12-2-5-14(6-3-12)24(28)29/h2-9H,10-11H2,1H3,(H,22,27)/b16-9+. The number of nitrogens with one attached hydrogen (secondary N) is 1. The molecule has 0 aromatic heterocycles. The summed E-state index contributed by atoms with van der Waals surface area (Å²) >= 11 is 2.08. The summed E-state index contributed by atoms with van der Waals surface area (Å²) in [5.74, 6) is -0.729. The summed E-state index contributed by atoms with van der Waals surface area (Å²) in [7, 11) is 1.17. The summed E-state index contributed by atoms with van der Waals surface area (Å²) in [5.41, 5.74) is 1.48. The van der Waals surface area contributed by atoms with Gasteiger partial charge in [-0.15, -0.1) is 0 Å². The van der Waals surface area contributed by atoms with Crippen LogP contribution in [0.25, 0.3) is 6.08 Å². The largest absolute Gasteiger partial charge is 0.488 e. The fraction of sp³-hybridized carbons (Fsp3) is 0.150. The Balaban J connectivity index is 1.68. The number of amides is 3. The number of imide groups is 1. The zero-order chi connectivity index (χ0) is 22.5. The van der Waals surface area contributed by atoms with Crippen LogP contribution in [0.4, 0.5) is 10.5 Å². The van der Waals surface area contributed by atoms with Crippen molar-refractivity contribution < 1.29 is 28.8 Å². The van der Waals surface area contributed by atoms with Gasteiger partial charge in [-0.05, 0) is 64.1 Å². The van der Waals surface area contributed by atoms with Crippen LogP contribution in [0.15, 0.2) is 48.2 Å². The smallest absolute Gasteiger partial charge is 0.329 e. The van der Waals surface area contributed by atoms with Gasteiger partial charge in [-0.3, -0.25) is 19.7 Å². The summed E-state index contributed by atoms with van der Waals surface area (Å²) in [5, 5.41) is 13.1. The number of carbonyl (C=O) groups excluding carboxylic acids is 3. The van der Waals surface area contributed by atoms with Crippen LogP contribution in [-0.4, -0.2) is 41.4 Å². The fourth-order valence-corrected chi connectivity index (χ4v) is 3.37. The van der Waals surface area contributed by atoms with Gasteiger partial charge in [0, 0.05) is 12.1 Å². The van der Waals surface area contributed by atoms with Crippen LogP contribution in [-0.2, 0) is 20.9 Å². The molecule has 3 rings (SSSR count). The molecule has 2 aromatic carbocycles. The molecule has 160 valence electrons. The predicted molar refractivity (Wildman–Crippen MR) is 117 cm³/mol. The Morgan fingerprint density at radius 2 is 1.94 bits per heavy atom. The number of halogens is 1. The lowest BCUT2D eigenvalue weighted by Gasteiger charge is -2.09. The maximum atomic E-state index is 12.3. The molecule has 2 aromatic rings. The third kappa shape index (κ3) is 5.36. The second-order valence-corrected chi connectivity index (χ2v) is 7.52. The molecule has 1 N–H and O–H groups in total. The van der Waals surface area contributed by atoms with Gasteiger partial charge in [-0.2, -0.15) is 0 Å². The topological polar surface area (TPSA) is 128 Å². The molecular formula is C20H16IN3O7. The number of nitro groups is 1. The Morgan fingerprint density at radius 3 is 2.55 bits per heavy atom. The normalized spacial score (nSPS) is 14.5. The molecule has 0 saturated carbocycles. The van der Waals surface area contributed by atoms with Crippen molar-refractivity contribution >= 4 is 52.3 Å². The molecule has 0 unspecified atom stereocenters. The second-order valence-electron chi connectivity index (χ2n) is 6.36. The van der Waals surface area contributed by atoms with Crippen LogP contribution in [0.5, 0.6) is 5.75 Å². The molecule has 1 fully saturated rings. The van der Waals surface area contributed by atoms with E-state index in [1.54, 1.807) is 30.3 Å². The highest BCUT2D eigenvalue weighted by atomic mass is 127. The molecule has 0 atom stereocenters. The van der Waals surface area contributed by atoms with Gasteiger partial charge in [0.1, 0.15) is 24.6 Å². The molecule has 0 bridgehead atoms. The third-order valence-corrected chi connectivity index (χ3v) is 5.13. The van der Waals surface area contributed by atoms with Crippen LogP contribution in [0, 0.1) is 13.7 Å². The maximum absolute atomic E-state index is 12.3. The summed E-state index contributed by atoms with van der Waals surface area (Å²) in [4.78, 5) is 46.6. The van der Waals surface area contributed by atoms with Crippen molar-refractivity contribution in [3.63, 3.8) is 0 Å². The minimum absolute atomic E-state index is 0.00873. The van der Waals surface area contributed by atoms with E-state index >= 15 is 0 Å². The Hall–Kier alpha value is -3.48. The monoisotopic (exact) mass is 537 g/mol. The SMILES string of the molecule is COC(=O)CN1C(=O)N/C(=C/c2ccc(OCc3ccc([N+](=O)[O-])cc3)c(I)c2)C1=O. The Bertz CT molecular complexity index is 1080. The molecule has 1 heterocycles. The number of esters is 1. The van der Waals surface area contributed by atoms with E-state index in [4.69, 9.17) is 4.74 Å². The third-order valence-electron chi connectivity index (χ3n) is 4.29. The van der Waals surface area contributed by atoms with Gasteiger partial charge < -0.3 is 14.8 Å². The second kappa shape index (κ2) is 9.55. The lowest BCUT2D eigenvalue weighted by Crippen LogP contribution is -2.36. The molecule has 1 aliphatic rings. The highest BCUT2D eigenvalue weighted by Gasteiger charge is 2.35. The van der Waals surface area contributed by atoms with E-state index in [0.29, 0.717) is 11.3 Å². The number of carbonyl (C=O) groups is 3. The first kappa shape index (κ1) is 22.2. The lowest BCUT2D eigenvalue weighted by atomic mass is 10.2. The molecule has 11 heteroatoms. The summed E-state index contributed by atoms with van der Waals surface area (Å²) in [6, 6.07) is 10.6. The number of nitrogens with zero attached hydrogens (tertiary/aromatic N) is 2. The minimum atomic E-state index is -0.700. The van der Waals surface area contributed by atoms with Crippen LogP contribution in [0.3, 0.4) is 0 Å². The first-order chi connectivity index (χ1) is 14.8. The van der Waals surface area contributed by atoms with Gasteiger partial charge in [-0.1, -0.05) is 6.07 Å².